The molecule has 2 aromatic rings. The number of carbonyl (C=O) groups is 1. The molecule has 28 heavy (non-hydrogen) atoms. The van der Waals surface area contributed by atoms with Crippen LogP contribution in [0.2, 0.25) is 0 Å². The Morgan fingerprint density at radius 3 is 2.32 bits per heavy atom. The molecular formula is C24H30NO3. The van der Waals surface area contributed by atoms with Gasteiger partial charge in [-0.2, -0.15) is 0 Å². The molecule has 0 aromatic heterocycles. The predicted molar refractivity (Wildman–Crippen MR) is 111 cm³/mol. The van der Waals surface area contributed by atoms with Gasteiger partial charge in [-0.25, -0.2) is 0 Å². The number of benzene rings is 2. The van der Waals surface area contributed by atoms with Gasteiger partial charge in [0.05, 0.1) is 18.6 Å². The molecule has 1 unspecified atom stereocenters. The van der Waals surface area contributed by atoms with Gasteiger partial charge < -0.3 is 15.2 Å². The van der Waals surface area contributed by atoms with Crippen molar-refractivity contribution in [3.63, 3.8) is 0 Å². The second kappa shape index (κ2) is 7.40. The molecule has 0 bridgehead atoms. The first-order chi connectivity index (χ1) is 13.3. The van der Waals surface area contributed by atoms with E-state index in [9.17, 15) is 4.79 Å². The third-order valence-electron chi connectivity index (χ3n) is 6.36. The van der Waals surface area contributed by atoms with E-state index in [1.54, 1.807) is 0 Å². The minimum atomic E-state index is -0.580. The normalized spacial score (nSPS) is 26.0. The van der Waals surface area contributed by atoms with Gasteiger partial charge in [-0.05, 0) is 65.5 Å². The fourth-order valence-electron chi connectivity index (χ4n) is 4.47. The third-order valence-corrected chi connectivity index (χ3v) is 6.36. The Kier molecular flexibility index (Phi) is 5.09. The summed E-state index contributed by atoms with van der Waals surface area (Å²) in [6.45, 7) is 7.50. The average molecular weight is 381 g/mol. The summed E-state index contributed by atoms with van der Waals surface area (Å²) < 4.78 is 11.6. The van der Waals surface area contributed by atoms with E-state index in [2.05, 4.69) is 51.1 Å². The zero-order valence-electron chi connectivity index (χ0n) is 17.0. The first-order valence-corrected chi connectivity index (χ1v) is 10.3. The molecule has 1 saturated heterocycles. The van der Waals surface area contributed by atoms with Crippen LogP contribution in [-0.4, -0.2) is 24.7 Å². The van der Waals surface area contributed by atoms with Gasteiger partial charge in [0, 0.05) is 0 Å². The van der Waals surface area contributed by atoms with Crippen LogP contribution in [0.3, 0.4) is 0 Å². The van der Waals surface area contributed by atoms with Crippen LogP contribution in [0.15, 0.2) is 36.4 Å². The maximum atomic E-state index is 11.4. The minimum absolute atomic E-state index is 0.314. The number of rotatable bonds is 4. The van der Waals surface area contributed by atoms with E-state index >= 15 is 0 Å². The molecule has 1 aliphatic carbocycles. The van der Waals surface area contributed by atoms with Crippen LogP contribution in [-0.2, 0) is 9.53 Å². The standard InChI is InChI=1S/C24H30NO3/c1-24(2,3)18-7-10-19(11-8-18)28-20-9-6-15-12-17(5-4-16(15)13-20)21-14-27-22(21)23(25)26/h4-6,9,12-13,18-19,22H,7-8,10-11,14H2,1-3H3,(H2,25,26). The summed E-state index contributed by atoms with van der Waals surface area (Å²) in [5.41, 5.74) is 6.79. The Balaban J connectivity index is 1.43. The summed E-state index contributed by atoms with van der Waals surface area (Å²) in [6.07, 6.45) is 4.48. The fraction of sp³-hybridized carbons (Fsp3) is 0.500. The van der Waals surface area contributed by atoms with E-state index in [0.717, 1.165) is 46.8 Å². The van der Waals surface area contributed by atoms with Crippen molar-refractivity contribution in [3.05, 3.63) is 47.9 Å². The maximum absolute atomic E-state index is 11.4. The molecule has 2 aromatic carbocycles. The SMILES string of the molecule is CC(C)(C)C1CCC(Oc2ccc3cc([C]4COC4C(N)=O)ccc3c2)CC1. The van der Waals surface area contributed by atoms with E-state index in [4.69, 9.17) is 15.2 Å². The highest BCUT2D eigenvalue weighted by molar-refractivity contribution is 5.87. The van der Waals surface area contributed by atoms with Crippen LogP contribution < -0.4 is 10.5 Å². The second-order valence-electron chi connectivity index (χ2n) is 9.30. The zero-order valence-corrected chi connectivity index (χ0v) is 17.0. The third kappa shape index (κ3) is 3.88. The van der Waals surface area contributed by atoms with Gasteiger partial charge in [0.2, 0.25) is 5.91 Å². The van der Waals surface area contributed by atoms with Crippen LogP contribution in [0.1, 0.15) is 52.0 Å². The molecule has 2 fully saturated rings. The number of primary amides is 1. The van der Waals surface area contributed by atoms with Crippen molar-refractivity contribution in [2.75, 3.05) is 6.61 Å². The number of fused-ring (bicyclic) bond motifs is 1. The Morgan fingerprint density at radius 2 is 1.71 bits per heavy atom. The van der Waals surface area contributed by atoms with Crippen molar-refractivity contribution in [1.29, 1.82) is 0 Å². The van der Waals surface area contributed by atoms with Crippen molar-refractivity contribution in [1.82, 2.24) is 0 Å². The Labute approximate surface area is 167 Å². The molecule has 1 saturated carbocycles. The van der Waals surface area contributed by atoms with Crippen molar-refractivity contribution < 1.29 is 14.3 Å². The lowest BCUT2D eigenvalue weighted by Crippen LogP contribution is -2.47. The van der Waals surface area contributed by atoms with Crippen LogP contribution in [0.5, 0.6) is 5.75 Å². The number of hydrogen-bond acceptors (Lipinski definition) is 3. The quantitative estimate of drug-likeness (QED) is 0.841. The van der Waals surface area contributed by atoms with Crippen LogP contribution in [0.25, 0.3) is 10.8 Å². The molecule has 1 heterocycles. The Morgan fingerprint density at radius 1 is 1.04 bits per heavy atom. The minimum Gasteiger partial charge on any atom is -0.490 e. The summed E-state index contributed by atoms with van der Waals surface area (Å²) in [7, 11) is 0. The molecule has 1 aliphatic heterocycles. The molecule has 4 nitrogen and oxygen atoms in total. The van der Waals surface area contributed by atoms with Gasteiger partial charge in [-0.15, -0.1) is 0 Å². The van der Waals surface area contributed by atoms with Crippen LogP contribution >= 0.6 is 0 Å². The monoisotopic (exact) mass is 380 g/mol. The van der Waals surface area contributed by atoms with Gasteiger partial charge in [0.1, 0.15) is 11.9 Å². The lowest BCUT2D eigenvalue weighted by atomic mass is 9.72. The summed E-state index contributed by atoms with van der Waals surface area (Å²) in [4.78, 5) is 11.4. The molecule has 1 amide bonds. The highest BCUT2D eigenvalue weighted by atomic mass is 16.5. The van der Waals surface area contributed by atoms with Crippen molar-refractivity contribution in [3.8, 4) is 5.75 Å². The van der Waals surface area contributed by atoms with Crippen LogP contribution in [0.4, 0.5) is 0 Å². The van der Waals surface area contributed by atoms with E-state index < -0.39 is 12.0 Å². The van der Waals surface area contributed by atoms with E-state index in [0.29, 0.717) is 18.1 Å². The molecule has 4 rings (SSSR count). The van der Waals surface area contributed by atoms with Gasteiger partial charge in [-0.3, -0.25) is 4.79 Å². The van der Waals surface area contributed by atoms with Gasteiger partial charge >= 0.3 is 0 Å². The molecule has 1 radical (unpaired) electrons. The number of amides is 1. The smallest absolute Gasteiger partial charge is 0.247 e. The van der Waals surface area contributed by atoms with E-state index in [1.807, 2.05) is 6.07 Å². The second-order valence-corrected chi connectivity index (χ2v) is 9.30. The molecular weight excluding hydrogens is 350 g/mol. The van der Waals surface area contributed by atoms with Gasteiger partial charge in [0.25, 0.3) is 0 Å². The highest BCUT2D eigenvalue weighted by Crippen LogP contribution is 2.39. The number of carbonyl (C=O) groups excluding carboxylic acids is 1. The Bertz CT molecular complexity index is 862. The molecule has 1 atom stereocenters. The molecule has 0 spiro atoms. The molecule has 2 N–H and O–H groups in total. The Hall–Kier alpha value is -2.07. The lowest BCUT2D eigenvalue weighted by molar-refractivity contribution is -0.135. The van der Waals surface area contributed by atoms with Crippen molar-refractivity contribution in [2.45, 2.75) is 58.7 Å². The van der Waals surface area contributed by atoms with Gasteiger partial charge in [-0.1, -0.05) is 45.0 Å². The van der Waals surface area contributed by atoms with Crippen molar-refractivity contribution >= 4 is 16.7 Å². The largest absolute Gasteiger partial charge is 0.490 e. The first-order valence-electron chi connectivity index (χ1n) is 10.3. The molecule has 149 valence electrons. The summed E-state index contributed by atoms with van der Waals surface area (Å²) in [5, 5.41) is 2.27. The number of hydrogen-bond donors (Lipinski definition) is 1. The predicted octanol–water partition coefficient (Wildman–Crippen LogP) is 4.63. The highest BCUT2D eigenvalue weighted by Gasteiger charge is 2.38. The van der Waals surface area contributed by atoms with Crippen molar-refractivity contribution in [2.24, 2.45) is 17.1 Å². The topological polar surface area (TPSA) is 61.6 Å². The number of ether oxygens (including phenoxy) is 2. The first kappa shape index (κ1) is 19.3. The lowest BCUT2D eigenvalue weighted by Gasteiger charge is -2.37. The number of nitrogens with two attached hydrogens (primary N) is 1. The van der Waals surface area contributed by atoms with E-state index in [-0.39, 0.29) is 0 Å². The summed E-state index contributed by atoms with van der Waals surface area (Å²) >= 11 is 0. The maximum Gasteiger partial charge on any atom is 0.247 e. The zero-order chi connectivity index (χ0) is 19.9. The summed E-state index contributed by atoms with van der Waals surface area (Å²) in [6, 6.07) is 12.5. The van der Waals surface area contributed by atoms with E-state index in [1.165, 1.54) is 12.8 Å². The average Bonchev–Trinajstić information content (AvgIpc) is 2.60. The van der Waals surface area contributed by atoms with Gasteiger partial charge in [0.15, 0.2) is 0 Å². The fourth-order valence-corrected chi connectivity index (χ4v) is 4.47. The molecule has 4 heteroatoms. The molecule has 2 aliphatic rings. The summed E-state index contributed by atoms with van der Waals surface area (Å²) in [5.74, 6) is 2.27. The van der Waals surface area contributed by atoms with Crippen LogP contribution in [0, 0.1) is 17.3 Å².